The third-order valence-electron chi connectivity index (χ3n) is 6.79. The van der Waals surface area contributed by atoms with E-state index in [1.54, 1.807) is 11.0 Å². The van der Waals surface area contributed by atoms with E-state index in [1.165, 1.54) is 7.11 Å². The van der Waals surface area contributed by atoms with E-state index >= 15 is 0 Å². The fourth-order valence-corrected chi connectivity index (χ4v) is 5.03. The number of methoxy groups -OCH3 is 1. The van der Waals surface area contributed by atoms with Crippen LogP contribution in [0.15, 0.2) is 24.4 Å². The summed E-state index contributed by atoms with van der Waals surface area (Å²) in [5, 5.41) is 2.21. The SMILES string of the molecule is COc1cc(N2CCC(N3CCN(C(=O)OC(C)(C)C)CC3)CC2)ccc1Nc1ncc(C(F)(F)F)c(Cl)n1. The highest BCUT2D eigenvalue weighted by atomic mass is 35.5. The number of ether oxygens (including phenoxy) is 2. The average molecular weight is 571 g/mol. The fraction of sp³-hybridized carbons (Fsp3) is 0.577. The van der Waals surface area contributed by atoms with Gasteiger partial charge in [0.2, 0.25) is 5.95 Å². The van der Waals surface area contributed by atoms with Crippen molar-refractivity contribution in [3.63, 3.8) is 0 Å². The van der Waals surface area contributed by atoms with Gasteiger partial charge in [0.25, 0.3) is 0 Å². The van der Waals surface area contributed by atoms with Crippen LogP contribution >= 0.6 is 11.6 Å². The number of piperazine rings is 1. The number of anilines is 3. The number of rotatable bonds is 5. The van der Waals surface area contributed by atoms with Crippen LogP contribution in [0.2, 0.25) is 5.15 Å². The van der Waals surface area contributed by atoms with Crippen LogP contribution in [0.3, 0.4) is 0 Å². The zero-order chi connectivity index (χ0) is 28.4. The van der Waals surface area contributed by atoms with Crippen molar-refractivity contribution in [1.29, 1.82) is 0 Å². The van der Waals surface area contributed by atoms with E-state index in [-0.39, 0.29) is 12.0 Å². The largest absolute Gasteiger partial charge is 0.494 e. The molecule has 2 aliphatic heterocycles. The lowest BCUT2D eigenvalue weighted by atomic mass is 10.0. The minimum atomic E-state index is -4.63. The van der Waals surface area contributed by atoms with Crippen LogP contribution in [0.4, 0.5) is 35.3 Å². The highest BCUT2D eigenvalue weighted by Gasteiger charge is 2.35. The zero-order valence-corrected chi connectivity index (χ0v) is 23.3. The molecule has 1 N–H and O–H groups in total. The number of nitrogens with one attached hydrogen (secondary N) is 1. The number of piperidine rings is 1. The molecule has 2 saturated heterocycles. The lowest BCUT2D eigenvalue weighted by molar-refractivity contribution is -0.137. The van der Waals surface area contributed by atoms with Crippen LogP contribution in [0.25, 0.3) is 0 Å². The number of hydrogen-bond donors (Lipinski definition) is 1. The maximum Gasteiger partial charge on any atom is 0.420 e. The Morgan fingerprint density at radius 1 is 1.08 bits per heavy atom. The van der Waals surface area contributed by atoms with Crippen molar-refractivity contribution in [2.45, 2.75) is 51.4 Å². The summed E-state index contributed by atoms with van der Waals surface area (Å²) in [4.78, 5) is 26.3. The van der Waals surface area contributed by atoms with Gasteiger partial charge in [-0.3, -0.25) is 4.90 Å². The number of alkyl halides is 3. The van der Waals surface area contributed by atoms with E-state index in [2.05, 4.69) is 25.1 Å². The zero-order valence-electron chi connectivity index (χ0n) is 22.5. The molecular weight excluding hydrogens is 537 g/mol. The fourth-order valence-electron chi connectivity index (χ4n) is 4.80. The molecule has 0 bridgehead atoms. The number of amides is 1. The summed E-state index contributed by atoms with van der Waals surface area (Å²) >= 11 is 5.72. The topological polar surface area (TPSA) is 83.1 Å². The van der Waals surface area contributed by atoms with Gasteiger partial charge in [-0.2, -0.15) is 13.2 Å². The number of halogens is 4. The first-order chi connectivity index (χ1) is 18.3. The van der Waals surface area contributed by atoms with Crippen LogP contribution in [0.1, 0.15) is 39.2 Å². The number of carbonyl (C=O) groups excluding carboxylic acids is 1. The Hall–Kier alpha value is -2.99. The Labute approximate surface area is 231 Å². The van der Waals surface area contributed by atoms with Crippen molar-refractivity contribution in [2.24, 2.45) is 0 Å². The molecule has 13 heteroatoms. The monoisotopic (exact) mass is 570 g/mol. The van der Waals surface area contributed by atoms with Gasteiger partial charge in [0.15, 0.2) is 0 Å². The summed E-state index contributed by atoms with van der Waals surface area (Å²) in [7, 11) is 1.52. The molecule has 9 nitrogen and oxygen atoms in total. The van der Waals surface area contributed by atoms with Gasteiger partial charge in [-0.15, -0.1) is 0 Å². The van der Waals surface area contributed by atoms with E-state index in [0.717, 1.165) is 44.7 Å². The molecule has 0 unspecified atom stereocenters. The summed E-state index contributed by atoms with van der Waals surface area (Å²) < 4.78 is 49.8. The second kappa shape index (κ2) is 11.6. The summed E-state index contributed by atoms with van der Waals surface area (Å²) in [5.41, 5.74) is -0.0982. The summed E-state index contributed by atoms with van der Waals surface area (Å²) in [6.45, 7) is 10.3. The quantitative estimate of drug-likeness (QED) is 0.477. The standard InChI is InChI=1S/C26H34ClF3N6O3/c1-25(2,3)39-24(37)36-13-11-35(12-14-36)17-7-9-34(10-8-17)18-5-6-20(21(15-18)38-4)32-23-31-16-19(22(27)33-23)26(28,29)30/h5-6,15-17H,7-14H2,1-4H3,(H,31,32,33). The number of hydrogen-bond acceptors (Lipinski definition) is 8. The van der Waals surface area contributed by atoms with Gasteiger partial charge < -0.3 is 24.6 Å². The molecule has 39 heavy (non-hydrogen) atoms. The lowest BCUT2D eigenvalue weighted by Gasteiger charge is -2.43. The number of carbonyl (C=O) groups is 1. The highest BCUT2D eigenvalue weighted by molar-refractivity contribution is 6.30. The van der Waals surface area contributed by atoms with Gasteiger partial charge in [-0.25, -0.2) is 14.8 Å². The molecule has 2 aromatic rings. The van der Waals surface area contributed by atoms with Crippen LogP contribution < -0.4 is 15.0 Å². The molecule has 0 aliphatic carbocycles. The van der Waals surface area contributed by atoms with E-state index < -0.39 is 22.5 Å². The van der Waals surface area contributed by atoms with Crippen LogP contribution in [0.5, 0.6) is 5.75 Å². The van der Waals surface area contributed by atoms with E-state index in [4.69, 9.17) is 21.1 Å². The molecule has 3 heterocycles. The molecule has 1 aromatic carbocycles. The van der Waals surface area contributed by atoms with Gasteiger partial charge in [0.05, 0.1) is 12.8 Å². The van der Waals surface area contributed by atoms with Gasteiger partial charge in [-0.1, -0.05) is 11.6 Å². The molecule has 0 spiro atoms. The maximum absolute atomic E-state index is 12.9. The second-order valence-electron chi connectivity index (χ2n) is 10.6. The van der Waals surface area contributed by atoms with Gasteiger partial charge in [-0.05, 0) is 45.7 Å². The minimum Gasteiger partial charge on any atom is -0.494 e. The Morgan fingerprint density at radius 3 is 2.31 bits per heavy atom. The van der Waals surface area contributed by atoms with Gasteiger partial charge in [0, 0.05) is 63.3 Å². The summed E-state index contributed by atoms with van der Waals surface area (Å²) in [6.07, 6.45) is -2.24. The van der Waals surface area contributed by atoms with Gasteiger partial charge in [0.1, 0.15) is 22.1 Å². The third-order valence-corrected chi connectivity index (χ3v) is 7.08. The third kappa shape index (κ3) is 7.36. The maximum atomic E-state index is 12.9. The molecule has 0 saturated carbocycles. The number of benzene rings is 1. The number of nitrogens with zero attached hydrogens (tertiary/aromatic N) is 5. The normalized spacial score (nSPS) is 17.7. The minimum absolute atomic E-state index is 0.0633. The first-order valence-electron chi connectivity index (χ1n) is 12.9. The van der Waals surface area contributed by atoms with Gasteiger partial charge >= 0.3 is 12.3 Å². The first-order valence-corrected chi connectivity index (χ1v) is 13.2. The van der Waals surface area contributed by atoms with Crippen LogP contribution in [0, 0.1) is 0 Å². The molecule has 0 radical (unpaired) electrons. The molecule has 2 fully saturated rings. The van der Waals surface area contributed by atoms with Crippen molar-refractivity contribution < 1.29 is 27.4 Å². The van der Waals surface area contributed by atoms with Crippen molar-refractivity contribution >= 4 is 35.0 Å². The molecule has 4 rings (SSSR count). The van der Waals surface area contributed by atoms with E-state index in [1.807, 2.05) is 32.9 Å². The number of aromatic nitrogens is 2. The Morgan fingerprint density at radius 2 is 1.74 bits per heavy atom. The molecule has 1 amide bonds. The van der Waals surface area contributed by atoms with Crippen molar-refractivity contribution in [1.82, 2.24) is 19.8 Å². The van der Waals surface area contributed by atoms with Crippen LogP contribution in [-0.2, 0) is 10.9 Å². The molecule has 2 aliphatic rings. The van der Waals surface area contributed by atoms with Crippen molar-refractivity contribution in [2.75, 3.05) is 56.6 Å². The summed E-state index contributed by atoms with van der Waals surface area (Å²) in [6, 6.07) is 6.04. The van der Waals surface area contributed by atoms with E-state index in [0.29, 0.717) is 36.8 Å². The van der Waals surface area contributed by atoms with Crippen molar-refractivity contribution in [3.05, 3.63) is 35.1 Å². The lowest BCUT2D eigenvalue weighted by Crippen LogP contribution is -2.55. The van der Waals surface area contributed by atoms with E-state index in [9.17, 15) is 18.0 Å². The molecular formula is C26H34ClF3N6O3. The smallest absolute Gasteiger partial charge is 0.420 e. The Kier molecular flexibility index (Phi) is 8.65. The van der Waals surface area contributed by atoms with Crippen LogP contribution in [-0.4, -0.2) is 83.9 Å². The van der Waals surface area contributed by atoms with Crippen molar-refractivity contribution in [3.8, 4) is 5.75 Å². The first kappa shape index (κ1) is 29.0. The molecule has 1 aromatic heterocycles. The Balaban J connectivity index is 1.32. The predicted molar refractivity (Wildman–Crippen MR) is 143 cm³/mol. The highest BCUT2D eigenvalue weighted by Crippen LogP contribution is 2.36. The second-order valence-corrected chi connectivity index (χ2v) is 11.0. The average Bonchev–Trinajstić information content (AvgIpc) is 2.87. The molecule has 0 atom stereocenters. The predicted octanol–water partition coefficient (Wildman–Crippen LogP) is 5.42. The molecule has 214 valence electrons. The Bertz CT molecular complexity index is 1160. The summed E-state index contributed by atoms with van der Waals surface area (Å²) in [5.74, 6) is 0.444.